The lowest BCUT2D eigenvalue weighted by Crippen LogP contribution is -2.26. The summed E-state index contributed by atoms with van der Waals surface area (Å²) in [6, 6.07) is 14.7. The van der Waals surface area contributed by atoms with E-state index in [9.17, 15) is 9.59 Å². The van der Waals surface area contributed by atoms with Crippen LogP contribution in [0, 0.1) is 0 Å². The van der Waals surface area contributed by atoms with Gasteiger partial charge in [-0.3, -0.25) is 9.59 Å². The van der Waals surface area contributed by atoms with Crippen molar-refractivity contribution in [2.75, 3.05) is 33.1 Å². The lowest BCUT2D eigenvalue weighted by atomic mass is 10.1. The maximum absolute atomic E-state index is 12.8. The minimum Gasteiger partial charge on any atom is -0.497 e. The van der Waals surface area contributed by atoms with E-state index in [0.29, 0.717) is 17.6 Å². The normalized spacial score (nSPS) is 11.0. The molecule has 2 aromatic carbocycles. The number of nitrogens with one attached hydrogen (secondary N) is 1. The van der Waals surface area contributed by atoms with Gasteiger partial charge in [0.25, 0.3) is 5.56 Å². The molecule has 0 fully saturated rings. The average Bonchev–Trinajstić information content (AvgIpc) is 2.68. The number of carbonyl (C=O) groups is 1. The van der Waals surface area contributed by atoms with Crippen LogP contribution in [-0.4, -0.2) is 43.1 Å². The van der Waals surface area contributed by atoms with Gasteiger partial charge in [-0.05, 0) is 50.0 Å². The lowest BCUT2D eigenvalue weighted by Gasteiger charge is -2.13. The number of benzene rings is 2. The first-order valence-electron chi connectivity index (χ1n) is 9.17. The number of fused-ring (bicyclic) bond motifs is 1. The first kappa shape index (κ1) is 19.6. The molecule has 3 aromatic rings. The fourth-order valence-corrected chi connectivity index (χ4v) is 3.03. The van der Waals surface area contributed by atoms with E-state index in [4.69, 9.17) is 4.74 Å². The van der Waals surface area contributed by atoms with Crippen molar-refractivity contribution in [1.82, 2.24) is 9.47 Å². The van der Waals surface area contributed by atoms with Gasteiger partial charge in [0.1, 0.15) is 5.75 Å². The van der Waals surface area contributed by atoms with Gasteiger partial charge in [-0.2, -0.15) is 0 Å². The van der Waals surface area contributed by atoms with Gasteiger partial charge >= 0.3 is 0 Å². The molecule has 0 aliphatic rings. The van der Waals surface area contributed by atoms with Crippen LogP contribution in [0.15, 0.2) is 59.5 Å². The fourth-order valence-electron chi connectivity index (χ4n) is 3.03. The van der Waals surface area contributed by atoms with Gasteiger partial charge in [-0.1, -0.05) is 18.2 Å². The maximum atomic E-state index is 12.8. The molecule has 28 heavy (non-hydrogen) atoms. The Labute approximate surface area is 164 Å². The van der Waals surface area contributed by atoms with Crippen molar-refractivity contribution in [2.24, 2.45) is 0 Å². The monoisotopic (exact) mass is 379 g/mol. The van der Waals surface area contributed by atoms with Crippen molar-refractivity contribution in [2.45, 2.75) is 13.0 Å². The summed E-state index contributed by atoms with van der Waals surface area (Å²) in [6.45, 7) is 1.40. The number of hydrogen-bond acceptors (Lipinski definition) is 4. The number of likely N-dealkylation sites (N-methyl/N-ethyl adjacent to an activating group) is 1. The van der Waals surface area contributed by atoms with Gasteiger partial charge < -0.3 is 19.5 Å². The second-order valence-corrected chi connectivity index (χ2v) is 6.96. The molecule has 1 N–H and O–H groups in total. The number of anilines is 1. The summed E-state index contributed by atoms with van der Waals surface area (Å²) < 4.78 is 6.83. The van der Waals surface area contributed by atoms with E-state index in [1.54, 1.807) is 30.0 Å². The molecular weight excluding hydrogens is 354 g/mol. The number of aromatic nitrogens is 1. The molecule has 6 heteroatoms. The van der Waals surface area contributed by atoms with Gasteiger partial charge in [-0.25, -0.2) is 0 Å². The topological polar surface area (TPSA) is 63.6 Å². The molecular formula is C22H25N3O3. The van der Waals surface area contributed by atoms with Gasteiger partial charge in [0, 0.05) is 35.7 Å². The number of hydrogen-bond donors (Lipinski definition) is 1. The molecule has 0 saturated carbocycles. The number of methoxy groups -OCH3 is 1. The van der Waals surface area contributed by atoms with E-state index in [1.165, 1.54) is 0 Å². The summed E-state index contributed by atoms with van der Waals surface area (Å²) in [5.41, 5.74) is 1.49. The molecule has 6 nitrogen and oxygen atoms in total. The zero-order valence-corrected chi connectivity index (χ0v) is 16.4. The minimum atomic E-state index is -0.130. The first-order chi connectivity index (χ1) is 13.5. The number of nitrogens with zero attached hydrogens (tertiary/aromatic N) is 2. The fraction of sp³-hybridized carbons (Fsp3) is 0.273. The van der Waals surface area contributed by atoms with E-state index in [2.05, 4.69) is 5.32 Å². The third-order valence-corrected chi connectivity index (χ3v) is 4.60. The summed E-state index contributed by atoms with van der Waals surface area (Å²) in [7, 11) is 5.56. The zero-order chi connectivity index (χ0) is 20.1. The first-order valence-corrected chi connectivity index (χ1v) is 9.17. The molecule has 0 atom stereocenters. The predicted molar refractivity (Wildman–Crippen MR) is 112 cm³/mol. The van der Waals surface area contributed by atoms with Gasteiger partial charge in [0.05, 0.1) is 13.5 Å². The molecule has 1 amide bonds. The van der Waals surface area contributed by atoms with Gasteiger partial charge in [0.2, 0.25) is 5.91 Å². The molecule has 1 heterocycles. The highest BCUT2D eigenvalue weighted by Crippen LogP contribution is 2.21. The smallest absolute Gasteiger partial charge is 0.258 e. The standard InChI is InChI=1S/C22H25N3O3/c1-24(2)13-14-25-12-11-18-19(22(25)27)5-4-6-20(18)23-21(26)15-16-7-9-17(28-3)10-8-16/h4-12H,13-15H2,1-3H3,(H,23,26). The Morgan fingerprint density at radius 1 is 1.07 bits per heavy atom. The maximum Gasteiger partial charge on any atom is 0.258 e. The summed E-state index contributed by atoms with van der Waals surface area (Å²) in [4.78, 5) is 27.3. The van der Waals surface area contributed by atoms with Crippen LogP contribution in [0.4, 0.5) is 5.69 Å². The molecule has 0 radical (unpaired) electrons. The van der Waals surface area contributed by atoms with Crippen molar-refractivity contribution in [3.8, 4) is 5.75 Å². The third-order valence-electron chi connectivity index (χ3n) is 4.60. The van der Waals surface area contributed by atoms with Crippen molar-refractivity contribution in [3.63, 3.8) is 0 Å². The highest BCUT2D eigenvalue weighted by Gasteiger charge is 2.10. The van der Waals surface area contributed by atoms with Crippen LogP contribution in [0.5, 0.6) is 5.75 Å². The molecule has 0 unspecified atom stereocenters. The number of pyridine rings is 1. The quantitative estimate of drug-likeness (QED) is 0.686. The van der Waals surface area contributed by atoms with Crippen LogP contribution in [0.2, 0.25) is 0 Å². The molecule has 0 bridgehead atoms. The van der Waals surface area contributed by atoms with Crippen molar-refractivity contribution in [3.05, 3.63) is 70.6 Å². The molecule has 0 aliphatic heterocycles. The summed E-state index contributed by atoms with van der Waals surface area (Å²) >= 11 is 0. The third kappa shape index (κ3) is 4.58. The molecule has 0 saturated heterocycles. The number of amides is 1. The van der Waals surface area contributed by atoms with E-state index >= 15 is 0 Å². The Hall–Kier alpha value is -3.12. The van der Waals surface area contributed by atoms with Crippen molar-refractivity contribution < 1.29 is 9.53 Å². The Morgan fingerprint density at radius 2 is 1.82 bits per heavy atom. The number of carbonyl (C=O) groups excluding carboxylic acids is 1. The highest BCUT2D eigenvalue weighted by molar-refractivity contribution is 6.02. The summed E-state index contributed by atoms with van der Waals surface area (Å²) in [5.74, 6) is 0.623. The number of ether oxygens (including phenoxy) is 1. The number of rotatable bonds is 7. The van der Waals surface area contributed by atoms with Gasteiger partial charge in [0.15, 0.2) is 0 Å². The Balaban J connectivity index is 1.79. The van der Waals surface area contributed by atoms with Crippen LogP contribution in [0.3, 0.4) is 0 Å². The zero-order valence-electron chi connectivity index (χ0n) is 16.4. The van der Waals surface area contributed by atoms with Crippen molar-refractivity contribution >= 4 is 22.4 Å². The van der Waals surface area contributed by atoms with Gasteiger partial charge in [-0.15, -0.1) is 0 Å². The van der Waals surface area contributed by atoms with Crippen LogP contribution in [0.1, 0.15) is 5.56 Å². The predicted octanol–water partition coefficient (Wildman–Crippen LogP) is 2.75. The van der Waals surface area contributed by atoms with Crippen LogP contribution >= 0.6 is 0 Å². The SMILES string of the molecule is COc1ccc(CC(=O)Nc2cccc3c(=O)n(CCN(C)C)ccc23)cc1. The molecule has 3 rings (SSSR count). The van der Waals surface area contributed by atoms with Crippen LogP contribution in [-0.2, 0) is 17.8 Å². The van der Waals surface area contributed by atoms with E-state index in [1.807, 2.05) is 55.4 Å². The molecule has 1 aromatic heterocycles. The Bertz CT molecular complexity index is 1020. The van der Waals surface area contributed by atoms with E-state index in [0.717, 1.165) is 23.2 Å². The minimum absolute atomic E-state index is 0.0504. The largest absolute Gasteiger partial charge is 0.497 e. The molecule has 0 aliphatic carbocycles. The molecule has 146 valence electrons. The average molecular weight is 379 g/mol. The van der Waals surface area contributed by atoms with E-state index in [-0.39, 0.29) is 17.9 Å². The summed E-state index contributed by atoms with van der Waals surface area (Å²) in [5, 5.41) is 4.28. The lowest BCUT2D eigenvalue weighted by molar-refractivity contribution is -0.115. The second-order valence-electron chi connectivity index (χ2n) is 6.96. The van der Waals surface area contributed by atoms with Crippen molar-refractivity contribution in [1.29, 1.82) is 0 Å². The van der Waals surface area contributed by atoms with E-state index < -0.39 is 0 Å². The molecule has 0 spiro atoms. The Kier molecular flexibility index (Phi) is 6.11. The second kappa shape index (κ2) is 8.71. The van der Waals surface area contributed by atoms with Crippen LogP contribution < -0.4 is 15.6 Å². The Morgan fingerprint density at radius 3 is 2.50 bits per heavy atom. The highest BCUT2D eigenvalue weighted by atomic mass is 16.5. The van der Waals surface area contributed by atoms with Crippen LogP contribution in [0.25, 0.3) is 10.8 Å². The summed E-state index contributed by atoms with van der Waals surface area (Å²) in [6.07, 6.45) is 2.04.